The van der Waals surface area contributed by atoms with Crippen molar-refractivity contribution in [1.29, 1.82) is 0 Å². The largest absolute Gasteiger partial charge is 0.451 e. The van der Waals surface area contributed by atoms with Crippen LogP contribution in [0.1, 0.15) is 49.7 Å². The Kier molecular flexibility index (Phi) is 4.94. The number of hydrogen-bond donors (Lipinski definition) is 0. The third-order valence-corrected chi connectivity index (χ3v) is 8.64. The molecule has 2 bridgehead atoms. The van der Waals surface area contributed by atoms with Gasteiger partial charge in [0.15, 0.2) is 6.61 Å². The van der Waals surface area contributed by atoms with Crippen molar-refractivity contribution in [2.75, 3.05) is 13.2 Å². The van der Waals surface area contributed by atoms with Crippen molar-refractivity contribution in [3.05, 3.63) is 41.3 Å². The van der Waals surface area contributed by atoms with Crippen molar-refractivity contribution in [3.63, 3.8) is 0 Å². The summed E-state index contributed by atoms with van der Waals surface area (Å²) in [6.07, 6.45) is 3.19. The number of likely N-dealkylation sites (tertiary alicyclic amines) is 1. The highest BCUT2D eigenvalue weighted by molar-refractivity contribution is 7.26. The Hall–Kier alpha value is -2.25. The second kappa shape index (κ2) is 7.41. The van der Waals surface area contributed by atoms with E-state index in [-0.39, 0.29) is 29.4 Å². The minimum atomic E-state index is -0.445. The predicted molar refractivity (Wildman–Crippen MR) is 124 cm³/mol. The Bertz CT molecular complexity index is 1130. The van der Waals surface area contributed by atoms with Crippen LogP contribution in [-0.2, 0) is 9.53 Å². The van der Waals surface area contributed by atoms with E-state index in [1.165, 1.54) is 11.3 Å². The molecule has 31 heavy (non-hydrogen) atoms. The minimum Gasteiger partial charge on any atom is -0.451 e. The molecule has 2 atom stereocenters. The number of amides is 1. The van der Waals surface area contributed by atoms with E-state index in [4.69, 9.17) is 4.74 Å². The molecule has 0 radical (unpaired) electrons. The summed E-state index contributed by atoms with van der Waals surface area (Å²) in [6, 6.07) is 11.9. The van der Waals surface area contributed by atoms with Crippen LogP contribution < -0.4 is 0 Å². The van der Waals surface area contributed by atoms with Crippen molar-refractivity contribution in [2.24, 2.45) is 10.8 Å². The summed E-state index contributed by atoms with van der Waals surface area (Å²) >= 11 is 2.96. The monoisotopic (exact) mass is 454 g/mol. The molecule has 1 saturated carbocycles. The zero-order chi connectivity index (χ0) is 21.8. The fraction of sp³-hybridized carbons (Fsp3) is 0.458. The average molecular weight is 455 g/mol. The summed E-state index contributed by atoms with van der Waals surface area (Å²) in [5.41, 5.74) is 1.38. The molecule has 3 aromatic rings. The van der Waals surface area contributed by atoms with Crippen molar-refractivity contribution < 1.29 is 14.3 Å². The number of carbonyl (C=O) groups excluding carboxylic acids is 2. The summed E-state index contributed by atoms with van der Waals surface area (Å²) in [4.78, 5) is 33.4. The standard InChI is InChI=1S/C24H26N2O3S2/c1-23(2)10-15-11-24(3,13-23)14-26(15)20(27)12-29-22(28)19-9-8-18(30-19)21-25-16-6-4-5-7-17(16)31-21/h4-9,15H,10-14H2,1-3H3. The Morgan fingerprint density at radius 3 is 2.74 bits per heavy atom. The van der Waals surface area contributed by atoms with Crippen molar-refractivity contribution in [3.8, 4) is 9.88 Å². The first-order valence-corrected chi connectivity index (χ1v) is 12.3. The number of rotatable bonds is 4. The van der Waals surface area contributed by atoms with Crippen LogP contribution >= 0.6 is 22.7 Å². The van der Waals surface area contributed by atoms with E-state index < -0.39 is 5.97 Å². The number of benzene rings is 1. The first-order chi connectivity index (χ1) is 14.7. The van der Waals surface area contributed by atoms with Gasteiger partial charge in [0.25, 0.3) is 5.91 Å². The number of carbonyl (C=O) groups is 2. The highest BCUT2D eigenvalue weighted by Gasteiger charge is 2.50. The molecule has 2 aromatic heterocycles. The maximum atomic E-state index is 12.8. The molecule has 7 heteroatoms. The first-order valence-electron chi connectivity index (χ1n) is 10.6. The Morgan fingerprint density at radius 1 is 1.13 bits per heavy atom. The van der Waals surface area contributed by atoms with E-state index in [0.29, 0.717) is 4.88 Å². The number of hydrogen-bond acceptors (Lipinski definition) is 6. The predicted octanol–water partition coefficient (Wildman–Crippen LogP) is 5.61. The summed E-state index contributed by atoms with van der Waals surface area (Å²) < 4.78 is 6.53. The van der Waals surface area contributed by atoms with Gasteiger partial charge in [-0.05, 0) is 54.4 Å². The van der Waals surface area contributed by atoms with E-state index in [0.717, 1.165) is 45.9 Å². The molecule has 1 aromatic carbocycles. The van der Waals surface area contributed by atoms with Gasteiger partial charge < -0.3 is 9.64 Å². The number of esters is 1. The number of thiazole rings is 1. The van der Waals surface area contributed by atoms with Crippen LogP contribution in [-0.4, -0.2) is 41.0 Å². The number of ether oxygens (including phenoxy) is 1. The van der Waals surface area contributed by atoms with Gasteiger partial charge >= 0.3 is 5.97 Å². The van der Waals surface area contributed by atoms with Gasteiger partial charge in [0.1, 0.15) is 9.88 Å². The molecule has 2 aliphatic rings. The molecular formula is C24H26N2O3S2. The average Bonchev–Trinajstić information content (AvgIpc) is 3.40. The molecule has 3 heterocycles. The highest BCUT2D eigenvalue weighted by Crippen LogP contribution is 2.52. The lowest BCUT2D eigenvalue weighted by atomic mass is 9.65. The molecule has 5 nitrogen and oxygen atoms in total. The lowest BCUT2D eigenvalue weighted by Crippen LogP contribution is -2.39. The van der Waals surface area contributed by atoms with Gasteiger partial charge in [0.2, 0.25) is 0 Å². The molecule has 162 valence electrons. The summed E-state index contributed by atoms with van der Waals surface area (Å²) in [7, 11) is 0. The van der Waals surface area contributed by atoms with Crippen LogP contribution in [0.5, 0.6) is 0 Å². The quantitative estimate of drug-likeness (QED) is 0.481. The third kappa shape index (κ3) is 4.01. The molecule has 1 saturated heterocycles. The van der Waals surface area contributed by atoms with Crippen LogP contribution in [0.25, 0.3) is 20.1 Å². The SMILES string of the molecule is CC1(C)CC2CC(C)(CN2C(=O)COC(=O)c2ccc(-c3nc4ccccc4s3)s2)C1. The van der Waals surface area contributed by atoms with Gasteiger partial charge in [0, 0.05) is 12.6 Å². The van der Waals surface area contributed by atoms with Crippen LogP contribution in [0.15, 0.2) is 36.4 Å². The van der Waals surface area contributed by atoms with Crippen molar-refractivity contribution >= 4 is 44.8 Å². The van der Waals surface area contributed by atoms with Gasteiger partial charge in [0.05, 0.1) is 15.1 Å². The maximum absolute atomic E-state index is 12.8. The number of nitrogens with zero attached hydrogens (tertiary/aromatic N) is 2. The molecule has 1 aliphatic carbocycles. The zero-order valence-electron chi connectivity index (χ0n) is 18.0. The normalized spacial score (nSPS) is 24.5. The second-order valence-electron chi connectivity index (χ2n) is 9.96. The molecule has 0 N–H and O–H groups in total. The molecule has 0 spiro atoms. The summed E-state index contributed by atoms with van der Waals surface area (Å²) in [6.45, 7) is 7.41. The van der Waals surface area contributed by atoms with E-state index in [1.807, 2.05) is 35.2 Å². The smallest absolute Gasteiger partial charge is 0.348 e. The van der Waals surface area contributed by atoms with Crippen molar-refractivity contribution in [2.45, 2.75) is 46.1 Å². The number of para-hydroxylation sites is 1. The lowest BCUT2D eigenvalue weighted by Gasteiger charge is -2.39. The molecule has 5 rings (SSSR count). The third-order valence-electron chi connectivity index (χ3n) is 6.37. The minimum absolute atomic E-state index is 0.0808. The van der Waals surface area contributed by atoms with E-state index in [9.17, 15) is 9.59 Å². The lowest BCUT2D eigenvalue weighted by molar-refractivity contribution is -0.135. The van der Waals surface area contributed by atoms with Gasteiger partial charge in [-0.25, -0.2) is 9.78 Å². The molecular weight excluding hydrogens is 428 g/mol. The molecule has 2 fully saturated rings. The summed E-state index contributed by atoms with van der Waals surface area (Å²) in [5.74, 6) is -0.526. The van der Waals surface area contributed by atoms with Crippen LogP contribution in [0.3, 0.4) is 0 Å². The van der Waals surface area contributed by atoms with Gasteiger partial charge in [-0.15, -0.1) is 22.7 Å². The Balaban J connectivity index is 1.23. The van der Waals surface area contributed by atoms with Gasteiger partial charge in [-0.3, -0.25) is 4.79 Å². The summed E-state index contributed by atoms with van der Waals surface area (Å²) in [5, 5.41) is 0.890. The maximum Gasteiger partial charge on any atom is 0.348 e. The molecule has 1 amide bonds. The van der Waals surface area contributed by atoms with E-state index in [1.54, 1.807) is 17.4 Å². The topological polar surface area (TPSA) is 59.5 Å². The number of aromatic nitrogens is 1. The first kappa shape index (κ1) is 20.6. The second-order valence-corrected chi connectivity index (χ2v) is 12.1. The number of fused-ring (bicyclic) bond motifs is 3. The number of thiophene rings is 1. The van der Waals surface area contributed by atoms with E-state index >= 15 is 0 Å². The van der Waals surface area contributed by atoms with Gasteiger partial charge in [-0.1, -0.05) is 32.9 Å². The Morgan fingerprint density at radius 2 is 1.94 bits per heavy atom. The van der Waals surface area contributed by atoms with Crippen LogP contribution in [0, 0.1) is 10.8 Å². The van der Waals surface area contributed by atoms with Crippen LogP contribution in [0.2, 0.25) is 0 Å². The fourth-order valence-corrected chi connectivity index (χ4v) is 7.49. The van der Waals surface area contributed by atoms with Gasteiger partial charge in [-0.2, -0.15) is 0 Å². The fourth-order valence-electron chi connectivity index (χ4n) is 5.57. The molecule has 1 aliphatic heterocycles. The highest BCUT2D eigenvalue weighted by atomic mass is 32.1. The Labute approximate surface area is 190 Å². The van der Waals surface area contributed by atoms with Crippen LogP contribution in [0.4, 0.5) is 0 Å². The zero-order valence-corrected chi connectivity index (χ0v) is 19.6. The van der Waals surface area contributed by atoms with Crippen molar-refractivity contribution in [1.82, 2.24) is 9.88 Å². The molecule has 2 unspecified atom stereocenters. The van der Waals surface area contributed by atoms with E-state index in [2.05, 4.69) is 25.8 Å².